The third-order valence-corrected chi connectivity index (χ3v) is 4.79. The van der Waals surface area contributed by atoms with Gasteiger partial charge in [0.1, 0.15) is 11.9 Å². The minimum atomic E-state index is -0.438. The summed E-state index contributed by atoms with van der Waals surface area (Å²) in [5.74, 6) is 2.07. The van der Waals surface area contributed by atoms with Crippen molar-refractivity contribution in [3.05, 3.63) is 12.1 Å². The Morgan fingerprint density at radius 3 is 2.25 bits per heavy atom. The summed E-state index contributed by atoms with van der Waals surface area (Å²) in [6.07, 6.45) is -0.438. The lowest BCUT2D eigenvalue weighted by Crippen LogP contribution is -2.51. The lowest BCUT2D eigenvalue weighted by Gasteiger charge is -2.35. The predicted octanol–water partition coefficient (Wildman–Crippen LogP) is 0.0880. The fraction of sp³-hybridized carbons (Fsp3) is 0.500. The van der Waals surface area contributed by atoms with Crippen LogP contribution in [-0.2, 0) is 9.53 Å². The normalized spacial score (nSPS) is 15.1. The Morgan fingerprint density at radius 2 is 1.68 bits per heavy atom. The number of nitrogens with two attached hydrogens (primary N) is 1. The van der Waals surface area contributed by atoms with Crippen molar-refractivity contribution in [2.75, 3.05) is 58.1 Å². The second-order valence-electron chi connectivity index (χ2n) is 6.32. The average Bonchev–Trinajstić information content (AvgIpc) is 2.71. The van der Waals surface area contributed by atoms with E-state index in [1.807, 2.05) is 4.90 Å². The van der Waals surface area contributed by atoms with Crippen molar-refractivity contribution in [2.45, 2.75) is 13.0 Å². The van der Waals surface area contributed by atoms with Gasteiger partial charge in [0.15, 0.2) is 11.5 Å². The molecule has 10 nitrogen and oxygen atoms in total. The molecule has 1 aromatic carbocycles. The summed E-state index contributed by atoms with van der Waals surface area (Å²) >= 11 is 0. The predicted molar refractivity (Wildman–Crippen MR) is 106 cm³/mol. The van der Waals surface area contributed by atoms with Crippen molar-refractivity contribution in [1.82, 2.24) is 14.9 Å². The first kappa shape index (κ1) is 21.5. The number of ether oxygens (including phenoxy) is 3. The monoisotopic (exact) mass is 393 g/mol. The molecule has 0 unspecified atom stereocenters. The average molecular weight is 393 g/mol. The van der Waals surface area contributed by atoms with Crippen molar-refractivity contribution in [1.29, 1.82) is 0 Å². The van der Waals surface area contributed by atoms with Gasteiger partial charge in [0, 0.05) is 44.7 Å². The number of carbonyl (C=O) groups excluding carboxylic acids is 1. The third-order valence-electron chi connectivity index (χ3n) is 4.79. The summed E-state index contributed by atoms with van der Waals surface area (Å²) in [6, 6.07) is 3.56. The zero-order valence-corrected chi connectivity index (χ0v) is 16.6. The fourth-order valence-corrected chi connectivity index (χ4v) is 3.09. The first-order chi connectivity index (χ1) is 13.0. The van der Waals surface area contributed by atoms with Gasteiger partial charge in [-0.25, -0.2) is 4.98 Å². The van der Waals surface area contributed by atoms with Gasteiger partial charge in [-0.2, -0.15) is 4.98 Å². The van der Waals surface area contributed by atoms with Gasteiger partial charge in [-0.15, -0.1) is 0 Å². The minimum absolute atomic E-state index is 0. The Kier molecular flexibility index (Phi) is 6.81. The van der Waals surface area contributed by atoms with Crippen LogP contribution in [0.1, 0.15) is 6.92 Å². The largest absolute Gasteiger partial charge is 0.493 e. The van der Waals surface area contributed by atoms with Gasteiger partial charge in [0.05, 0.1) is 19.7 Å². The highest BCUT2D eigenvalue weighted by Gasteiger charge is 2.26. The van der Waals surface area contributed by atoms with Crippen molar-refractivity contribution in [2.24, 2.45) is 0 Å². The number of nitrogens with zero attached hydrogens (tertiary/aromatic N) is 4. The Balaban J connectivity index is 0.00000280. The van der Waals surface area contributed by atoms with E-state index in [1.54, 1.807) is 38.2 Å². The van der Waals surface area contributed by atoms with Crippen LogP contribution < -0.4 is 20.1 Å². The number of benzene rings is 1. The molecule has 1 aliphatic heterocycles. The third kappa shape index (κ3) is 4.02. The number of fused-ring (bicyclic) bond motifs is 1. The number of piperazine rings is 1. The highest BCUT2D eigenvalue weighted by atomic mass is 16.5. The van der Waals surface area contributed by atoms with Crippen LogP contribution in [0.5, 0.6) is 11.5 Å². The summed E-state index contributed by atoms with van der Waals surface area (Å²) in [7, 11) is 4.68. The number of anilines is 2. The molecule has 1 atom stereocenters. The molecule has 154 valence electrons. The van der Waals surface area contributed by atoms with Gasteiger partial charge in [-0.1, -0.05) is 0 Å². The van der Waals surface area contributed by atoms with Crippen LogP contribution in [-0.4, -0.2) is 79.9 Å². The Labute approximate surface area is 163 Å². The molecule has 0 radical (unpaired) electrons. The molecule has 10 heteroatoms. The standard InChI is InChI=1S/C18H25N5O4.H2O/c1-11(25-2)17(24)22-5-7-23(8-6-22)18-20-13-10-15(27-4)14(26-3)9-12(13)16(19)21-18;/h9-11H,5-8H2,1-4H3,(H2,19,20,21);1H2/t11-;/m0./s1. The molecule has 1 aliphatic rings. The number of methoxy groups -OCH3 is 3. The van der Waals surface area contributed by atoms with E-state index in [1.165, 1.54) is 7.11 Å². The van der Waals surface area contributed by atoms with Crippen molar-refractivity contribution >= 4 is 28.6 Å². The summed E-state index contributed by atoms with van der Waals surface area (Å²) in [6.45, 7) is 4.17. The number of rotatable bonds is 5. The molecule has 0 saturated carbocycles. The van der Waals surface area contributed by atoms with E-state index in [2.05, 4.69) is 9.97 Å². The molecule has 4 N–H and O–H groups in total. The first-order valence-corrected chi connectivity index (χ1v) is 8.74. The SMILES string of the molecule is COc1cc2nc(N3CCN(C(=O)[C@H](C)OC)CC3)nc(N)c2cc1OC.O. The zero-order chi connectivity index (χ0) is 19.6. The van der Waals surface area contributed by atoms with Crippen LogP contribution in [0, 0.1) is 0 Å². The van der Waals surface area contributed by atoms with Crippen LogP contribution in [0.4, 0.5) is 11.8 Å². The van der Waals surface area contributed by atoms with Gasteiger partial charge in [0.2, 0.25) is 5.95 Å². The van der Waals surface area contributed by atoms with E-state index < -0.39 is 6.10 Å². The van der Waals surface area contributed by atoms with Gasteiger partial charge < -0.3 is 35.2 Å². The molecule has 1 fully saturated rings. The topological polar surface area (TPSA) is 135 Å². The number of hydrogen-bond donors (Lipinski definition) is 1. The fourth-order valence-electron chi connectivity index (χ4n) is 3.09. The lowest BCUT2D eigenvalue weighted by molar-refractivity contribution is -0.141. The molecule has 1 aromatic heterocycles. The second-order valence-corrected chi connectivity index (χ2v) is 6.32. The van der Waals surface area contributed by atoms with Gasteiger partial charge in [-0.3, -0.25) is 4.79 Å². The van der Waals surface area contributed by atoms with Crippen LogP contribution in [0.2, 0.25) is 0 Å². The van der Waals surface area contributed by atoms with E-state index in [0.29, 0.717) is 60.3 Å². The molecular weight excluding hydrogens is 366 g/mol. The van der Waals surface area contributed by atoms with Gasteiger partial charge in [0.25, 0.3) is 5.91 Å². The molecule has 2 heterocycles. The van der Waals surface area contributed by atoms with Crippen LogP contribution in [0.15, 0.2) is 12.1 Å². The molecular formula is C18H27N5O5. The maximum absolute atomic E-state index is 12.2. The number of hydrogen-bond acceptors (Lipinski definition) is 8. The van der Waals surface area contributed by atoms with Crippen molar-refractivity contribution in [3.8, 4) is 11.5 Å². The lowest BCUT2D eigenvalue weighted by atomic mass is 10.2. The van der Waals surface area contributed by atoms with Crippen molar-refractivity contribution in [3.63, 3.8) is 0 Å². The van der Waals surface area contributed by atoms with Gasteiger partial charge in [-0.05, 0) is 13.0 Å². The van der Waals surface area contributed by atoms with Gasteiger partial charge >= 0.3 is 0 Å². The first-order valence-electron chi connectivity index (χ1n) is 8.74. The van der Waals surface area contributed by atoms with Crippen LogP contribution >= 0.6 is 0 Å². The number of amides is 1. The summed E-state index contributed by atoms with van der Waals surface area (Å²) in [5.41, 5.74) is 6.84. The molecule has 1 saturated heterocycles. The van der Waals surface area contributed by atoms with Crippen molar-refractivity contribution < 1.29 is 24.5 Å². The Hall–Kier alpha value is -2.85. The number of carbonyl (C=O) groups is 1. The second kappa shape index (κ2) is 8.89. The maximum atomic E-state index is 12.2. The summed E-state index contributed by atoms with van der Waals surface area (Å²) < 4.78 is 15.8. The smallest absolute Gasteiger partial charge is 0.251 e. The summed E-state index contributed by atoms with van der Waals surface area (Å²) in [4.78, 5) is 25.1. The zero-order valence-electron chi connectivity index (χ0n) is 16.6. The molecule has 3 rings (SSSR count). The number of aromatic nitrogens is 2. The molecule has 2 aromatic rings. The summed E-state index contributed by atoms with van der Waals surface area (Å²) in [5, 5.41) is 0.708. The van der Waals surface area contributed by atoms with E-state index in [9.17, 15) is 4.79 Å². The molecule has 1 amide bonds. The molecule has 0 aliphatic carbocycles. The number of nitrogen functional groups attached to an aromatic ring is 1. The van der Waals surface area contributed by atoms with Crippen LogP contribution in [0.3, 0.4) is 0 Å². The highest BCUT2D eigenvalue weighted by Crippen LogP contribution is 2.34. The Morgan fingerprint density at radius 1 is 1.07 bits per heavy atom. The maximum Gasteiger partial charge on any atom is 0.251 e. The minimum Gasteiger partial charge on any atom is -0.493 e. The van der Waals surface area contributed by atoms with E-state index in [0.717, 1.165) is 0 Å². The van der Waals surface area contributed by atoms with E-state index >= 15 is 0 Å². The highest BCUT2D eigenvalue weighted by molar-refractivity contribution is 5.91. The van der Waals surface area contributed by atoms with E-state index in [-0.39, 0.29) is 11.4 Å². The molecule has 0 bridgehead atoms. The molecule has 0 spiro atoms. The van der Waals surface area contributed by atoms with Crippen LogP contribution in [0.25, 0.3) is 10.9 Å². The van der Waals surface area contributed by atoms with E-state index in [4.69, 9.17) is 19.9 Å². The molecule has 28 heavy (non-hydrogen) atoms. The Bertz CT molecular complexity index is 839. The quantitative estimate of drug-likeness (QED) is 0.755.